The van der Waals surface area contributed by atoms with Crippen LogP contribution < -0.4 is 9.47 Å². The van der Waals surface area contributed by atoms with Crippen molar-refractivity contribution in [3.8, 4) is 17.6 Å². The molecule has 0 aliphatic heterocycles. The van der Waals surface area contributed by atoms with Crippen molar-refractivity contribution in [2.45, 2.75) is 39.0 Å². The summed E-state index contributed by atoms with van der Waals surface area (Å²) in [6.07, 6.45) is 1.43. The van der Waals surface area contributed by atoms with Crippen LogP contribution in [0.2, 0.25) is 0 Å². The SMILES string of the molecule is COc1ccc(C(C#N)(CCCN(C)C(C)=O)C(C)C)cc1OC. The van der Waals surface area contributed by atoms with Gasteiger partial charge in [-0.25, -0.2) is 0 Å². The number of hydrogen-bond acceptors (Lipinski definition) is 4. The van der Waals surface area contributed by atoms with E-state index in [1.54, 1.807) is 33.1 Å². The van der Waals surface area contributed by atoms with Crippen molar-refractivity contribution in [2.75, 3.05) is 27.8 Å². The number of methoxy groups -OCH3 is 2. The highest BCUT2D eigenvalue weighted by Crippen LogP contribution is 2.40. The number of carbonyl (C=O) groups is 1. The molecule has 1 rings (SSSR count). The maximum absolute atomic E-state index is 11.4. The van der Waals surface area contributed by atoms with Crippen LogP contribution in [0.1, 0.15) is 39.2 Å². The zero-order valence-corrected chi connectivity index (χ0v) is 15.5. The van der Waals surface area contributed by atoms with Crippen LogP contribution in [0.4, 0.5) is 0 Å². The van der Waals surface area contributed by atoms with Crippen LogP contribution in [0.5, 0.6) is 11.5 Å². The van der Waals surface area contributed by atoms with Gasteiger partial charge in [-0.2, -0.15) is 5.26 Å². The molecule has 0 aliphatic rings. The van der Waals surface area contributed by atoms with E-state index in [1.807, 2.05) is 18.2 Å². The highest BCUT2D eigenvalue weighted by Gasteiger charge is 2.36. The molecule has 0 bridgehead atoms. The lowest BCUT2D eigenvalue weighted by molar-refractivity contribution is -0.127. The molecule has 1 unspecified atom stereocenters. The lowest BCUT2D eigenvalue weighted by Gasteiger charge is -2.32. The molecule has 0 fully saturated rings. The number of carbonyl (C=O) groups excluding carboxylic acids is 1. The number of amides is 1. The number of nitriles is 1. The summed E-state index contributed by atoms with van der Waals surface area (Å²) in [7, 11) is 4.96. The molecule has 1 aromatic carbocycles. The van der Waals surface area contributed by atoms with Gasteiger partial charge in [-0.05, 0) is 36.5 Å². The number of ether oxygens (including phenoxy) is 2. The molecule has 0 aliphatic carbocycles. The summed E-state index contributed by atoms with van der Waals surface area (Å²) >= 11 is 0. The summed E-state index contributed by atoms with van der Waals surface area (Å²) in [6, 6.07) is 8.18. The molecule has 1 atom stereocenters. The molecule has 132 valence electrons. The summed E-state index contributed by atoms with van der Waals surface area (Å²) in [6.45, 7) is 6.29. The summed E-state index contributed by atoms with van der Waals surface area (Å²) < 4.78 is 10.7. The first-order chi connectivity index (χ1) is 11.3. The largest absolute Gasteiger partial charge is 0.493 e. The molecular weight excluding hydrogens is 304 g/mol. The topological polar surface area (TPSA) is 62.6 Å². The average molecular weight is 332 g/mol. The van der Waals surface area contributed by atoms with E-state index in [1.165, 1.54) is 0 Å². The molecule has 0 N–H and O–H groups in total. The van der Waals surface area contributed by atoms with Crippen LogP contribution in [-0.2, 0) is 10.2 Å². The van der Waals surface area contributed by atoms with E-state index in [9.17, 15) is 10.1 Å². The van der Waals surface area contributed by atoms with Gasteiger partial charge in [-0.3, -0.25) is 4.79 Å². The van der Waals surface area contributed by atoms with Crippen molar-refractivity contribution in [2.24, 2.45) is 5.92 Å². The first-order valence-corrected chi connectivity index (χ1v) is 8.17. The molecule has 5 heteroatoms. The van der Waals surface area contributed by atoms with Gasteiger partial charge < -0.3 is 14.4 Å². The Hall–Kier alpha value is -2.22. The summed E-state index contributed by atoms with van der Waals surface area (Å²) in [5, 5.41) is 9.96. The zero-order valence-electron chi connectivity index (χ0n) is 15.5. The Morgan fingerprint density at radius 3 is 2.38 bits per heavy atom. The van der Waals surface area contributed by atoms with Gasteiger partial charge in [0.05, 0.1) is 25.7 Å². The van der Waals surface area contributed by atoms with Crippen molar-refractivity contribution >= 4 is 5.91 Å². The van der Waals surface area contributed by atoms with Gasteiger partial charge >= 0.3 is 0 Å². The number of nitrogens with zero attached hydrogens (tertiary/aromatic N) is 2. The number of rotatable bonds is 8. The van der Waals surface area contributed by atoms with Crippen LogP contribution in [-0.4, -0.2) is 38.6 Å². The molecule has 0 saturated heterocycles. The Morgan fingerprint density at radius 1 is 1.29 bits per heavy atom. The molecule has 0 radical (unpaired) electrons. The van der Waals surface area contributed by atoms with Crippen molar-refractivity contribution < 1.29 is 14.3 Å². The monoisotopic (exact) mass is 332 g/mol. The predicted octanol–water partition coefficient (Wildman–Crippen LogP) is 3.38. The van der Waals surface area contributed by atoms with E-state index in [4.69, 9.17) is 9.47 Å². The Morgan fingerprint density at radius 2 is 1.92 bits per heavy atom. The fraction of sp³-hybridized carbons (Fsp3) is 0.579. The molecule has 0 heterocycles. The maximum Gasteiger partial charge on any atom is 0.219 e. The standard InChI is InChI=1S/C19H28N2O3/c1-14(2)19(13-20,10-7-11-21(4)15(3)22)16-8-9-17(23-5)18(12-16)24-6/h8-9,12,14H,7,10-11H2,1-6H3. The van der Waals surface area contributed by atoms with Crippen LogP contribution in [0.15, 0.2) is 18.2 Å². The average Bonchev–Trinajstić information content (AvgIpc) is 2.57. The minimum atomic E-state index is -0.628. The van der Waals surface area contributed by atoms with Crippen LogP contribution in [0, 0.1) is 17.2 Å². The quantitative estimate of drug-likeness (QED) is 0.732. The van der Waals surface area contributed by atoms with Crippen molar-refractivity contribution in [3.05, 3.63) is 23.8 Å². The lowest BCUT2D eigenvalue weighted by Crippen LogP contribution is -2.33. The van der Waals surface area contributed by atoms with E-state index in [-0.39, 0.29) is 11.8 Å². The zero-order chi connectivity index (χ0) is 18.3. The van der Waals surface area contributed by atoms with Gasteiger partial charge in [0, 0.05) is 20.5 Å². The van der Waals surface area contributed by atoms with E-state index in [0.717, 1.165) is 12.0 Å². The Kier molecular flexibility index (Phi) is 7.09. The Labute approximate surface area is 145 Å². The van der Waals surface area contributed by atoms with Gasteiger partial charge in [0.15, 0.2) is 11.5 Å². The molecule has 0 spiro atoms. The molecule has 5 nitrogen and oxygen atoms in total. The van der Waals surface area contributed by atoms with Gasteiger partial charge in [-0.15, -0.1) is 0 Å². The second-order valence-electron chi connectivity index (χ2n) is 6.35. The van der Waals surface area contributed by atoms with Crippen molar-refractivity contribution in [1.82, 2.24) is 4.90 Å². The summed E-state index contributed by atoms with van der Waals surface area (Å²) in [5.74, 6) is 1.43. The lowest BCUT2D eigenvalue weighted by atomic mass is 9.69. The van der Waals surface area contributed by atoms with Gasteiger partial charge in [0.2, 0.25) is 5.91 Å². The van der Waals surface area contributed by atoms with Crippen LogP contribution >= 0.6 is 0 Å². The van der Waals surface area contributed by atoms with Crippen molar-refractivity contribution in [1.29, 1.82) is 5.26 Å². The summed E-state index contributed by atoms with van der Waals surface area (Å²) in [5.41, 5.74) is 0.292. The van der Waals surface area contributed by atoms with Gasteiger partial charge in [0.1, 0.15) is 0 Å². The predicted molar refractivity (Wildman–Crippen MR) is 94.2 cm³/mol. The van der Waals surface area contributed by atoms with E-state index in [0.29, 0.717) is 24.5 Å². The van der Waals surface area contributed by atoms with Crippen molar-refractivity contribution in [3.63, 3.8) is 0 Å². The Bertz CT molecular complexity index is 607. The second-order valence-corrected chi connectivity index (χ2v) is 6.35. The fourth-order valence-corrected chi connectivity index (χ4v) is 2.88. The first kappa shape index (κ1) is 19.8. The molecule has 24 heavy (non-hydrogen) atoms. The third kappa shape index (κ3) is 4.19. The van der Waals surface area contributed by atoms with E-state index < -0.39 is 5.41 Å². The summed E-state index contributed by atoms with van der Waals surface area (Å²) in [4.78, 5) is 13.0. The molecular formula is C19H28N2O3. The third-order valence-electron chi connectivity index (χ3n) is 4.69. The van der Waals surface area contributed by atoms with E-state index in [2.05, 4.69) is 19.9 Å². The first-order valence-electron chi connectivity index (χ1n) is 8.17. The van der Waals surface area contributed by atoms with Gasteiger partial charge in [-0.1, -0.05) is 19.9 Å². The highest BCUT2D eigenvalue weighted by molar-refractivity contribution is 5.72. The smallest absolute Gasteiger partial charge is 0.219 e. The minimum Gasteiger partial charge on any atom is -0.493 e. The van der Waals surface area contributed by atoms with E-state index >= 15 is 0 Å². The second kappa shape index (κ2) is 8.58. The molecule has 1 aromatic rings. The highest BCUT2D eigenvalue weighted by atomic mass is 16.5. The number of hydrogen-bond donors (Lipinski definition) is 0. The van der Waals surface area contributed by atoms with Gasteiger partial charge in [0.25, 0.3) is 0 Å². The third-order valence-corrected chi connectivity index (χ3v) is 4.69. The maximum atomic E-state index is 11.4. The number of benzene rings is 1. The normalized spacial score (nSPS) is 13.1. The molecule has 0 aromatic heterocycles. The minimum absolute atomic E-state index is 0.0354. The fourth-order valence-electron chi connectivity index (χ4n) is 2.88. The molecule has 0 saturated carbocycles. The van der Waals surface area contributed by atoms with Crippen LogP contribution in [0.25, 0.3) is 0 Å². The van der Waals surface area contributed by atoms with Crippen LogP contribution in [0.3, 0.4) is 0 Å². The molecule has 1 amide bonds. The Balaban J connectivity index is 3.12.